The molecule has 4 heteroatoms. The summed E-state index contributed by atoms with van der Waals surface area (Å²) in [5.41, 5.74) is 0.940. The predicted octanol–water partition coefficient (Wildman–Crippen LogP) is -0.379. The summed E-state index contributed by atoms with van der Waals surface area (Å²) < 4.78 is 1.94. The quantitative estimate of drug-likeness (QED) is 0.532. The summed E-state index contributed by atoms with van der Waals surface area (Å²) in [5.74, 6) is -0.254. The second-order valence-corrected chi connectivity index (χ2v) is 4.41. The van der Waals surface area contributed by atoms with E-state index < -0.39 is 5.90 Å². The van der Waals surface area contributed by atoms with Gasteiger partial charge in [-0.2, -0.15) is 0 Å². The van der Waals surface area contributed by atoms with E-state index in [0.29, 0.717) is 11.4 Å². The Kier molecular flexibility index (Phi) is 2.04. The average Bonchev–Trinajstić information content (AvgIpc) is 2.76. The second-order valence-electron chi connectivity index (χ2n) is 4.41. The molecule has 1 aliphatic rings. The molecule has 2 aromatic rings. The first-order valence-corrected chi connectivity index (χ1v) is 5.62. The summed E-state index contributed by atoms with van der Waals surface area (Å²) in [4.78, 5) is 4.30. The Balaban J connectivity index is 2.53. The van der Waals surface area contributed by atoms with E-state index in [1.165, 1.54) is 0 Å². The van der Waals surface area contributed by atoms with E-state index in [1.807, 2.05) is 28.8 Å². The lowest BCUT2D eigenvalue weighted by Gasteiger charge is -2.13. The summed E-state index contributed by atoms with van der Waals surface area (Å²) in [7, 11) is 0. The first kappa shape index (κ1) is 10.1. The number of hydrogen-bond donors (Lipinski definition) is 1. The number of nitrogens with one attached hydrogen (secondary N) is 1. The van der Waals surface area contributed by atoms with Crippen LogP contribution in [0.4, 0.5) is 0 Å². The van der Waals surface area contributed by atoms with Crippen LogP contribution in [0.2, 0.25) is 0 Å². The molecule has 0 aliphatic heterocycles. The number of fused-ring (bicyclic) bond motifs is 3. The van der Waals surface area contributed by atoms with Crippen molar-refractivity contribution in [2.75, 3.05) is 0 Å². The summed E-state index contributed by atoms with van der Waals surface area (Å²) in [6.45, 7) is 2.15. The van der Waals surface area contributed by atoms with Crippen LogP contribution < -0.4 is 15.8 Å². The van der Waals surface area contributed by atoms with Crippen LogP contribution in [0, 0.1) is 11.3 Å². The van der Waals surface area contributed by atoms with Crippen LogP contribution in [0.1, 0.15) is 19.0 Å². The third kappa shape index (κ3) is 1.45. The molecule has 0 saturated heterocycles. The molecule has 4 nitrogen and oxygen atoms in total. The first-order chi connectivity index (χ1) is 8.16. The van der Waals surface area contributed by atoms with Gasteiger partial charge >= 0.3 is 0 Å². The van der Waals surface area contributed by atoms with Crippen LogP contribution in [-0.2, 0) is 0 Å². The van der Waals surface area contributed by atoms with Gasteiger partial charge in [-0.25, -0.2) is 4.98 Å². The highest BCUT2D eigenvalue weighted by atomic mass is 16.3. The fourth-order valence-electron chi connectivity index (χ4n) is 2.26. The van der Waals surface area contributed by atoms with Gasteiger partial charge in [-0.1, -0.05) is 19.1 Å². The minimum atomic E-state index is -0.733. The Morgan fingerprint density at radius 2 is 2.41 bits per heavy atom. The van der Waals surface area contributed by atoms with Gasteiger partial charge in [-0.15, -0.1) is 0 Å². The normalized spacial score (nSPS) is 18.3. The topological polar surface area (TPSA) is 64.2 Å². The van der Waals surface area contributed by atoms with Crippen molar-refractivity contribution in [1.82, 2.24) is 9.38 Å². The molecule has 1 N–H and O–H groups in total. The molecular weight excluding hydrogens is 214 g/mol. The molecule has 2 heterocycles. The van der Waals surface area contributed by atoms with Crippen molar-refractivity contribution < 1.29 is 5.11 Å². The van der Waals surface area contributed by atoms with Crippen LogP contribution >= 0.6 is 0 Å². The van der Waals surface area contributed by atoms with Crippen LogP contribution in [0.15, 0.2) is 18.3 Å². The van der Waals surface area contributed by atoms with Crippen molar-refractivity contribution in [1.29, 1.82) is 5.41 Å². The number of hydrogen-bond acceptors (Lipinski definition) is 3. The summed E-state index contributed by atoms with van der Waals surface area (Å²) in [5, 5.41) is 20.4. The van der Waals surface area contributed by atoms with Gasteiger partial charge in [0.25, 0.3) is 0 Å². The number of rotatable bonds is 1. The summed E-state index contributed by atoms with van der Waals surface area (Å²) in [6, 6.07) is 3.69. The Bertz CT molecular complexity index is 727. The van der Waals surface area contributed by atoms with Crippen LogP contribution in [0.25, 0.3) is 17.7 Å². The minimum absolute atomic E-state index is 0.230. The molecule has 0 saturated carbocycles. The maximum Gasteiger partial charge on any atom is 0.0978 e. The van der Waals surface area contributed by atoms with Gasteiger partial charge in [0.2, 0.25) is 0 Å². The maximum absolute atomic E-state index is 11.3. The smallest absolute Gasteiger partial charge is 0.0978 e. The molecular formula is C13H12N3O-. The van der Waals surface area contributed by atoms with E-state index in [9.17, 15) is 5.11 Å². The first-order valence-electron chi connectivity index (χ1n) is 5.62. The molecule has 0 amide bonds. The second kappa shape index (κ2) is 3.45. The highest BCUT2D eigenvalue weighted by Crippen LogP contribution is 2.09. The van der Waals surface area contributed by atoms with Gasteiger partial charge in [0.05, 0.1) is 21.9 Å². The van der Waals surface area contributed by atoms with Gasteiger partial charge in [0, 0.05) is 12.1 Å². The molecule has 1 unspecified atom stereocenters. The molecule has 0 aromatic carbocycles. The molecule has 86 valence electrons. The standard InChI is InChI=1S/C13H13N3O/c1-8-4-5-9-11(7-8)16-6-2-3-10(16)12(15-9)13(14)17/h2-3,5-8H,4H2,1H3,(H2,14,17)/p-1. The molecule has 3 rings (SSSR count). The molecule has 2 aromatic heterocycles. The van der Waals surface area contributed by atoms with E-state index in [2.05, 4.69) is 18.0 Å². The Labute approximate surface area is 98.1 Å². The van der Waals surface area contributed by atoms with Crippen molar-refractivity contribution in [3.05, 3.63) is 34.7 Å². The van der Waals surface area contributed by atoms with Gasteiger partial charge in [-0.05, 0) is 24.5 Å². The van der Waals surface area contributed by atoms with Crippen molar-refractivity contribution in [2.24, 2.45) is 5.92 Å². The lowest BCUT2D eigenvalue weighted by Crippen LogP contribution is -2.39. The van der Waals surface area contributed by atoms with E-state index in [-0.39, 0.29) is 5.69 Å². The fourth-order valence-corrected chi connectivity index (χ4v) is 2.26. The Morgan fingerprint density at radius 3 is 3.18 bits per heavy atom. The molecule has 0 bridgehead atoms. The molecule has 0 radical (unpaired) electrons. The Hall–Kier alpha value is -2.10. The SMILES string of the molecule is CC1C=c2c(nc(C(=N)[O-])c3cccn23)=CC1. The van der Waals surface area contributed by atoms with Gasteiger partial charge in [0.1, 0.15) is 0 Å². The maximum atomic E-state index is 11.3. The van der Waals surface area contributed by atoms with Crippen LogP contribution in [0.5, 0.6) is 0 Å². The van der Waals surface area contributed by atoms with Gasteiger partial charge in [0.15, 0.2) is 0 Å². The molecule has 1 aliphatic carbocycles. The van der Waals surface area contributed by atoms with Gasteiger partial charge < -0.3 is 14.9 Å². The lowest BCUT2D eigenvalue weighted by molar-refractivity contribution is -0.214. The van der Waals surface area contributed by atoms with Crippen molar-refractivity contribution in [3.63, 3.8) is 0 Å². The minimum Gasteiger partial charge on any atom is -0.858 e. The van der Waals surface area contributed by atoms with Crippen molar-refractivity contribution in [3.8, 4) is 0 Å². The van der Waals surface area contributed by atoms with Gasteiger partial charge in [-0.3, -0.25) is 0 Å². The predicted molar refractivity (Wildman–Crippen MR) is 64.0 cm³/mol. The van der Waals surface area contributed by atoms with Crippen LogP contribution in [-0.4, -0.2) is 15.3 Å². The third-order valence-corrected chi connectivity index (χ3v) is 3.09. The van der Waals surface area contributed by atoms with E-state index in [4.69, 9.17) is 5.41 Å². The molecule has 1 atom stereocenters. The highest BCUT2D eigenvalue weighted by molar-refractivity contribution is 5.93. The lowest BCUT2D eigenvalue weighted by atomic mass is 10.0. The van der Waals surface area contributed by atoms with Crippen LogP contribution in [0.3, 0.4) is 0 Å². The van der Waals surface area contributed by atoms with E-state index >= 15 is 0 Å². The molecule has 0 spiro atoms. The molecule has 0 fully saturated rings. The van der Waals surface area contributed by atoms with Crippen molar-refractivity contribution in [2.45, 2.75) is 13.3 Å². The zero-order valence-corrected chi connectivity index (χ0v) is 9.47. The summed E-state index contributed by atoms with van der Waals surface area (Å²) in [6.07, 6.45) is 7.03. The Morgan fingerprint density at radius 1 is 1.59 bits per heavy atom. The van der Waals surface area contributed by atoms with Crippen molar-refractivity contribution >= 4 is 23.6 Å². The largest absolute Gasteiger partial charge is 0.858 e. The highest BCUT2D eigenvalue weighted by Gasteiger charge is 2.09. The van der Waals surface area contributed by atoms with E-state index in [0.717, 1.165) is 17.1 Å². The van der Waals surface area contributed by atoms with E-state index in [1.54, 1.807) is 0 Å². The number of aromatic nitrogens is 2. The fraction of sp³-hybridized carbons (Fsp3) is 0.231. The molecule has 17 heavy (non-hydrogen) atoms. The number of nitrogens with zero attached hydrogens (tertiary/aromatic N) is 2. The monoisotopic (exact) mass is 226 g/mol. The summed E-state index contributed by atoms with van der Waals surface area (Å²) >= 11 is 0. The zero-order valence-electron chi connectivity index (χ0n) is 9.47. The average molecular weight is 226 g/mol. The zero-order chi connectivity index (χ0) is 12.0. The third-order valence-electron chi connectivity index (χ3n) is 3.09.